The van der Waals surface area contributed by atoms with Crippen LogP contribution in [0.4, 0.5) is 26.3 Å². The predicted octanol–water partition coefficient (Wildman–Crippen LogP) is 7.09. The van der Waals surface area contributed by atoms with E-state index >= 15 is 0 Å². The average Bonchev–Trinajstić information content (AvgIpc) is 2.95. The van der Waals surface area contributed by atoms with Crippen LogP contribution in [0.2, 0.25) is 0 Å². The Labute approximate surface area is 236 Å². The minimum Gasteiger partial charge on any atom is -0.333 e. The number of hydrogen-bond acceptors (Lipinski definition) is 3. The van der Waals surface area contributed by atoms with Crippen molar-refractivity contribution in [1.82, 2.24) is 14.5 Å². The fraction of sp³-hybridized carbons (Fsp3) is 0.300. The summed E-state index contributed by atoms with van der Waals surface area (Å²) in [4.78, 5) is 33.3. The standard InChI is InChI=1S/C30H25F6N3O2/c1-17-5-7-20(8-6-17)24-23-4-3-10-37-25(23)27(40)39-11-9-18(2)15-38(28(41)26(24)39)16-19-12-21(29(31,32)33)14-22(13-19)30(34,35)36/h3-8,10,12-14,18H,9,11,15-16H2,1-2H3/t18-/m1/s1/i9D2,11D2. The molecular formula is C30H25F6N3O2. The predicted molar refractivity (Wildman–Crippen MR) is 141 cm³/mol. The minimum absolute atomic E-state index is 0.00181. The Bertz CT molecular complexity index is 1840. The highest BCUT2D eigenvalue weighted by Gasteiger charge is 2.38. The van der Waals surface area contributed by atoms with Gasteiger partial charge >= 0.3 is 12.4 Å². The van der Waals surface area contributed by atoms with Crippen molar-refractivity contribution in [3.63, 3.8) is 0 Å². The van der Waals surface area contributed by atoms with E-state index in [2.05, 4.69) is 4.98 Å². The molecular weight excluding hydrogens is 548 g/mol. The lowest BCUT2D eigenvalue weighted by molar-refractivity contribution is -0.143. The maximum absolute atomic E-state index is 14.5. The van der Waals surface area contributed by atoms with Gasteiger partial charge in [-0.15, -0.1) is 0 Å². The van der Waals surface area contributed by atoms with Crippen LogP contribution in [0, 0.1) is 12.8 Å². The number of pyridine rings is 2. The van der Waals surface area contributed by atoms with E-state index in [9.17, 15) is 35.9 Å². The smallest absolute Gasteiger partial charge is 0.333 e. The molecule has 0 spiro atoms. The van der Waals surface area contributed by atoms with Gasteiger partial charge in [0.05, 0.1) is 11.1 Å². The quantitative estimate of drug-likeness (QED) is 0.244. The number of benzene rings is 2. The van der Waals surface area contributed by atoms with Crippen molar-refractivity contribution in [1.29, 1.82) is 0 Å². The largest absolute Gasteiger partial charge is 0.416 e. The Balaban J connectivity index is 1.84. The molecule has 4 aromatic rings. The molecule has 0 aliphatic carbocycles. The summed E-state index contributed by atoms with van der Waals surface area (Å²) in [5.41, 5.74) is -4.62. The molecule has 0 N–H and O–H groups in total. The number of carbonyl (C=O) groups excluding carboxylic acids is 1. The Morgan fingerprint density at radius 3 is 2.22 bits per heavy atom. The number of hydrogen-bond donors (Lipinski definition) is 0. The van der Waals surface area contributed by atoms with Crippen molar-refractivity contribution in [2.24, 2.45) is 5.92 Å². The highest BCUT2D eigenvalue weighted by atomic mass is 19.4. The van der Waals surface area contributed by atoms with Crippen molar-refractivity contribution < 1.29 is 36.6 Å². The zero-order valence-electron chi connectivity index (χ0n) is 25.7. The van der Waals surface area contributed by atoms with E-state index in [-0.39, 0.29) is 22.5 Å². The van der Waals surface area contributed by atoms with Crippen LogP contribution in [-0.2, 0) is 25.4 Å². The Kier molecular flexibility index (Phi) is 5.95. The highest BCUT2D eigenvalue weighted by Crippen LogP contribution is 2.37. The average molecular weight is 578 g/mol. The number of aromatic nitrogens is 2. The number of halogens is 6. The Hall–Kier alpha value is -4.15. The van der Waals surface area contributed by atoms with Crippen molar-refractivity contribution >= 4 is 16.8 Å². The summed E-state index contributed by atoms with van der Waals surface area (Å²) >= 11 is 0. The lowest BCUT2D eigenvalue weighted by Crippen LogP contribution is -2.41. The molecule has 1 amide bonds. The molecule has 0 saturated carbocycles. The van der Waals surface area contributed by atoms with Crippen LogP contribution in [0.15, 0.2) is 65.6 Å². The third-order valence-electron chi connectivity index (χ3n) is 6.71. The van der Waals surface area contributed by atoms with Crippen LogP contribution in [0.25, 0.3) is 22.0 Å². The van der Waals surface area contributed by atoms with Crippen LogP contribution in [-0.4, -0.2) is 26.9 Å². The molecule has 0 bridgehead atoms. The summed E-state index contributed by atoms with van der Waals surface area (Å²) in [5.74, 6) is -2.47. The van der Waals surface area contributed by atoms with Gasteiger partial charge in [0.15, 0.2) is 0 Å². The topological polar surface area (TPSA) is 55.2 Å². The van der Waals surface area contributed by atoms with Gasteiger partial charge in [0, 0.05) is 42.2 Å². The minimum atomic E-state index is -5.15. The molecule has 1 aliphatic rings. The van der Waals surface area contributed by atoms with Gasteiger partial charge in [-0.05, 0) is 54.6 Å². The van der Waals surface area contributed by atoms with Crippen LogP contribution >= 0.6 is 0 Å². The molecule has 41 heavy (non-hydrogen) atoms. The molecule has 0 fully saturated rings. The summed E-state index contributed by atoms with van der Waals surface area (Å²) in [7, 11) is 0. The van der Waals surface area contributed by atoms with Gasteiger partial charge in [0.25, 0.3) is 11.5 Å². The number of nitrogens with zero attached hydrogens (tertiary/aromatic N) is 3. The molecule has 0 saturated heterocycles. The van der Waals surface area contributed by atoms with E-state index in [0.29, 0.717) is 22.3 Å². The van der Waals surface area contributed by atoms with E-state index < -0.39 is 78.1 Å². The lowest BCUT2D eigenvalue weighted by Gasteiger charge is -2.32. The molecule has 1 aliphatic heterocycles. The van der Waals surface area contributed by atoms with E-state index in [1.54, 1.807) is 31.2 Å². The summed E-state index contributed by atoms with van der Waals surface area (Å²) in [5, 5.41) is 0.120. The van der Waals surface area contributed by atoms with Crippen molar-refractivity contribution in [3.8, 4) is 11.1 Å². The fourth-order valence-corrected chi connectivity index (χ4v) is 4.80. The molecule has 3 heterocycles. The zero-order valence-corrected chi connectivity index (χ0v) is 21.7. The van der Waals surface area contributed by atoms with Crippen LogP contribution in [0.5, 0.6) is 0 Å². The second-order valence-electron chi connectivity index (χ2n) is 9.89. The van der Waals surface area contributed by atoms with Crippen LogP contribution in [0.3, 0.4) is 0 Å². The summed E-state index contributed by atoms with van der Waals surface area (Å²) < 4.78 is 117. The van der Waals surface area contributed by atoms with Gasteiger partial charge in [-0.25, -0.2) is 0 Å². The lowest BCUT2D eigenvalue weighted by atomic mass is 9.95. The number of rotatable bonds is 3. The SMILES string of the molecule is [2H]C1([2H])[C@@H](C)CN(Cc2cc(C(F)(F)F)cc(C(F)(F)F)c2)C(=O)c2c(-c3ccc(C)cc3)c3cccnc3c(=O)n2C1([2H])[2H]. The third kappa shape index (κ3) is 5.57. The van der Waals surface area contributed by atoms with Gasteiger partial charge in [0.1, 0.15) is 11.2 Å². The molecule has 11 heteroatoms. The third-order valence-corrected chi connectivity index (χ3v) is 6.71. The van der Waals surface area contributed by atoms with Gasteiger partial charge in [-0.2, -0.15) is 26.3 Å². The first-order chi connectivity index (χ1) is 20.7. The molecule has 5 rings (SSSR count). The maximum Gasteiger partial charge on any atom is 0.416 e. The van der Waals surface area contributed by atoms with Crippen molar-refractivity contribution in [2.45, 2.75) is 45.6 Å². The molecule has 2 aromatic carbocycles. The monoisotopic (exact) mass is 577 g/mol. The summed E-state index contributed by atoms with van der Waals surface area (Å²) in [6.45, 7) is -1.56. The molecule has 214 valence electrons. The van der Waals surface area contributed by atoms with E-state index in [1.807, 2.05) is 0 Å². The molecule has 0 unspecified atom stereocenters. The van der Waals surface area contributed by atoms with E-state index in [0.717, 1.165) is 10.5 Å². The summed E-state index contributed by atoms with van der Waals surface area (Å²) in [6, 6.07) is 10.4. The molecule has 2 aromatic heterocycles. The first-order valence-electron chi connectivity index (χ1n) is 14.4. The summed E-state index contributed by atoms with van der Waals surface area (Å²) in [6.07, 6.45) is -11.9. The van der Waals surface area contributed by atoms with Gasteiger partial charge in [0.2, 0.25) is 0 Å². The first-order valence-corrected chi connectivity index (χ1v) is 12.4. The number of amides is 1. The van der Waals surface area contributed by atoms with Gasteiger partial charge in [-0.1, -0.05) is 42.8 Å². The number of aryl methyl sites for hydroxylation is 1. The Morgan fingerprint density at radius 1 is 0.976 bits per heavy atom. The molecule has 0 radical (unpaired) electrons. The normalized spacial score (nSPS) is 20.3. The zero-order chi connectivity index (χ0) is 33.3. The van der Waals surface area contributed by atoms with Crippen molar-refractivity contribution in [3.05, 3.63) is 99.1 Å². The first kappa shape index (κ1) is 23.5. The van der Waals surface area contributed by atoms with E-state index in [4.69, 9.17) is 5.48 Å². The number of carbonyl (C=O) groups is 1. The van der Waals surface area contributed by atoms with Crippen molar-refractivity contribution in [2.75, 3.05) is 6.54 Å². The Morgan fingerprint density at radius 2 is 1.61 bits per heavy atom. The molecule has 1 atom stereocenters. The highest BCUT2D eigenvalue weighted by molar-refractivity contribution is 6.07. The van der Waals surface area contributed by atoms with Gasteiger partial charge < -0.3 is 9.47 Å². The molecule has 5 nitrogen and oxygen atoms in total. The second-order valence-corrected chi connectivity index (χ2v) is 9.89. The maximum atomic E-state index is 14.5. The van der Waals surface area contributed by atoms with Crippen LogP contribution in [0.1, 0.15) is 51.5 Å². The fourth-order valence-electron chi connectivity index (χ4n) is 4.80. The van der Waals surface area contributed by atoms with Crippen LogP contribution < -0.4 is 5.56 Å². The second kappa shape index (κ2) is 10.4. The number of fused-ring (bicyclic) bond motifs is 2. The van der Waals surface area contributed by atoms with E-state index in [1.165, 1.54) is 25.3 Å². The van der Waals surface area contributed by atoms with Gasteiger partial charge in [-0.3, -0.25) is 14.6 Å². The number of alkyl halides is 6.